The smallest absolute Gasteiger partial charge is 0.280 e. The molecule has 0 aliphatic rings. The molecule has 8 heteroatoms. The number of fused-ring (bicyclic) bond motifs is 2. The number of nitrogens with zero attached hydrogens (tertiary/aromatic N) is 2. The average Bonchev–Trinajstić information content (AvgIpc) is 2.60. The minimum Gasteiger partial charge on any atom is -0.369 e. The first-order valence-electron chi connectivity index (χ1n) is 8.11. The maximum Gasteiger partial charge on any atom is 0.280 e. The van der Waals surface area contributed by atoms with E-state index in [0.717, 1.165) is 29.6 Å². The lowest BCUT2D eigenvalue weighted by Crippen LogP contribution is -2.35. The van der Waals surface area contributed by atoms with Gasteiger partial charge in [-0.2, -0.15) is 0 Å². The summed E-state index contributed by atoms with van der Waals surface area (Å²) in [5.41, 5.74) is 2.27. The number of nitro benzene ring substituents is 1. The Balaban J connectivity index is 0.00000169. The van der Waals surface area contributed by atoms with Gasteiger partial charge in [0.05, 0.1) is 27.8 Å². The number of rotatable bonds is 6. The molecule has 0 spiro atoms. The zero-order valence-corrected chi connectivity index (χ0v) is 16.2. The van der Waals surface area contributed by atoms with Gasteiger partial charge in [-0.3, -0.25) is 15.4 Å². The molecule has 1 aromatic heterocycles. The molecule has 1 atom stereocenters. The highest BCUT2D eigenvalue weighted by Crippen LogP contribution is 2.36. The van der Waals surface area contributed by atoms with E-state index in [-0.39, 0.29) is 41.6 Å². The third-order valence-corrected chi connectivity index (χ3v) is 4.06. The van der Waals surface area contributed by atoms with Crippen molar-refractivity contribution >= 4 is 58.0 Å². The number of aromatic nitrogens is 1. The van der Waals surface area contributed by atoms with E-state index in [9.17, 15) is 10.1 Å². The highest BCUT2D eigenvalue weighted by molar-refractivity contribution is 6.11. The molecule has 0 amide bonds. The second-order valence-electron chi connectivity index (χ2n) is 5.60. The fraction of sp³-hybridized carbons (Fsp3) is 0.278. The summed E-state index contributed by atoms with van der Waals surface area (Å²) in [6.45, 7) is 4.92. The van der Waals surface area contributed by atoms with Crippen LogP contribution in [0.3, 0.4) is 0 Å². The maximum atomic E-state index is 11.5. The van der Waals surface area contributed by atoms with E-state index >= 15 is 0 Å². The number of hydrogen-bond donors (Lipinski definition) is 2. The second kappa shape index (κ2) is 9.52. The van der Waals surface area contributed by atoms with Gasteiger partial charge in [-0.15, -0.1) is 24.8 Å². The van der Waals surface area contributed by atoms with Crippen LogP contribution in [0.25, 0.3) is 21.8 Å². The van der Waals surface area contributed by atoms with Crippen LogP contribution in [0.4, 0.5) is 11.4 Å². The van der Waals surface area contributed by atoms with E-state index in [1.54, 1.807) is 6.07 Å². The molecule has 6 nitrogen and oxygen atoms in total. The third kappa shape index (κ3) is 4.15. The summed E-state index contributed by atoms with van der Waals surface area (Å²) in [6, 6.07) is 12.7. The summed E-state index contributed by atoms with van der Waals surface area (Å²) in [5.74, 6) is 0. The lowest BCUT2D eigenvalue weighted by Gasteiger charge is -2.21. The van der Waals surface area contributed by atoms with Crippen LogP contribution in [0.15, 0.2) is 42.5 Å². The summed E-state index contributed by atoms with van der Waals surface area (Å²) in [6.07, 6.45) is 0.885. The van der Waals surface area contributed by atoms with Gasteiger partial charge in [0.2, 0.25) is 0 Å². The molecule has 0 aliphatic heterocycles. The molecule has 1 unspecified atom stereocenters. The Morgan fingerprint density at radius 3 is 2.42 bits per heavy atom. The number of nitrogens with one attached hydrogen (secondary N) is 2. The van der Waals surface area contributed by atoms with Crippen molar-refractivity contribution in [3.63, 3.8) is 0 Å². The molecule has 2 aromatic carbocycles. The van der Waals surface area contributed by atoms with Gasteiger partial charge in [0.1, 0.15) is 5.39 Å². The number of anilines is 1. The minimum absolute atomic E-state index is 0. The van der Waals surface area contributed by atoms with Crippen LogP contribution < -0.4 is 10.6 Å². The molecule has 140 valence electrons. The van der Waals surface area contributed by atoms with Crippen molar-refractivity contribution in [2.75, 3.05) is 11.9 Å². The molecule has 0 bridgehead atoms. The quantitative estimate of drug-likeness (QED) is 0.268. The van der Waals surface area contributed by atoms with Crippen LogP contribution in [0.1, 0.15) is 20.3 Å². The molecule has 2 N–H and O–H groups in total. The summed E-state index contributed by atoms with van der Waals surface area (Å²) in [7, 11) is 0. The first-order valence-corrected chi connectivity index (χ1v) is 8.11. The predicted molar refractivity (Wildman–Crippen MR) is 112 cm³/mol. The van der Waals surface area contributed by atoms with Crippen molar-refractivity contribution < 1.29 is 4.92 Å². The van der Waals surface area contributed by atoms with Gasteiger partial charge in [0, 0.05) is 11.5 Å². The van der Waals surface area contributed by atoms with Gasteiger partial charge in [0.15, 0.2) is 0 Å². The fourth-order valence-corrected chi connectivity index (χ4v) is 2.94. The second-order valence-corrected chi connectivity index (χ2v) is 5.60. The first kappa shape index (κ1) is 21.9. The third-order valence-electron chi connectivity index (χ3n) is 4.06. The van der Waals surface area contributed by atoms with Crippen molar-refractivity contribution in [3.8, 4) is 0 Å². The van der Waals surface area contributed by atoms with Gasteiger partial charge >= 0.3 is 0 Å². The van der Waals surface area contributed by atoms with Gasteiger partial charge < -0.3 is 5.32 Å². The molecule has 0 fully saturated rings. The average molecular weight is 397 g/mol. The Morgan fingerprint density at radius 1 is 1.08 bits per heavy atom. The lowest BCUT2D eigenvalue weighted by molar-refractivity contribution is -0.383. The van der Waals surface area contributed by atoms with Gasteiger partial charge in [0.25, 0.3) is 5.69 Å². The first-order chi connectivity index (χ1) is 11.7. The van der Waals surface area contributed by atoms with Crippen molar-refractivity contribution in [2.45, 2.75) is 26.4 Å². The van der Waals surface area contributed by atoms with Crippen molar-refractivity contribution in [1.82, 2.24) is 10.3 Å². The molecule has 0 saturated heterocycles. The van der Waals surface area contributed by atoms with E-state index in [1.807, 2.05) is 37.3 Å². The highest BCUT2D eigenvalue weighted by Gasteiger charge is 2.20. The number of pyridine rings is 1. The van der Waals surface area contributed by atoms with E-state index in [2.05, 4.69) is 22.5 Å². The molecule has 26 heavy (non-hydrogen) atoms. The zero-order chi connectivity index (χ0) is 17.1. The Bertz CT molecular complexity index is 905. The van der Waals surface area contributed by atoms with Gasteiger partial charge in [-0.25, -0.2) is 4.98 Å². The molecule has 0 aliphatic carbocycles. The largest absolute Gasteiger partial charge is 0.369 e. The zero-order valence-electron chi connectivity index (χ0n) is 14.6. The standard InChI is InChI=1S/C18H20N4O2.2ClH/c1-3-16(19-4-2)21-18-12-8-5-6-9-13(12)20-14-10-7-11-15(17(14)18)22(23)24;;/h5-11,16,19H,3-4H2,1-2H3,(H,20,21);2*1H. The van der Waals surface area contributed by atoms with Crippen molar-refractivity contribution in [3.05, 3.63) is 52.6 Å². The van der Waals surface area contributed by atoms with Crippen LogP contribution in [-0.2, 0) is 0 Å². The summed E-state index contributed by atoms with van der Waals surface area (Å²) in [4.78, 5) is 15.8. The van der Waals surface area contributed by atoms with E-state index in [1.165, 1.54) is 6.07 Å². The minimum atomic E-state index is -0.349. The molecule has 3 rings (SSSR count). The number of nitro groups is 1. The molecule has 3 aromatic rings. The summed E-state index contributed by atoms with van der Waals surface area (Å²) < 4.78 is 0. The van der Waals surface area contributed by atoms with Crippen molar-refractivity contribution in [1.29, 1.82) is 0 Å². The van der Waals surface area contributed by atoms with E-state index in [4.69, 9.17) is 0 Å². The van der Waals surface area contributed by atoms with Gasteiger partial charge in [-0.1, -0.05) is 38.1 Å². The molecule has 1 heterocycles. The normalized spacial score (nSPS) is 11.5. The fourth-order valence-electron chi connectivity index (χ4n) is 2.94. The molecular formula is C18H22Cl2N4O2. The van der Waals surface area contributed by atoms with E-state index < -0.39 is 0 Å². The Kier molecular flexibility index (Phi) is 8.02. The number of para-hydroxylation sites is 1. The Hall–Kier alpha value is -2.15. The van der Waals surface area contributed by atoms with E-state index in [0.29, 0.717) is 10.9 Å². The number of hydrogen-bond acceptors (Lipinski definition) is 5. The lowest BCUT2D eigenvalue weighted by atomic mass is 10.1. The molecule has 0 radical (unpaired) electrons. The predicted octanol–water partition coefficient (Wildman–Crippen LogP) is 4.90. The van der Waals surface area contributed by atoms with Crippen LogP contribution in [0.2, 0.25) is 0 Å². The van der Waals surface area contributed by atoms with Crippen LogP contribution in [0.5, 0.6) is 0 Å². The SMILES string of the molecule is CCNC(CC)Nc1c2ccccc2nc2cccc([N+](=O)[O-])c12.Cl.Cl. The number of non-ortho nitro benzene ring substituents is 1. The molecule has 0 saturated carbocycles. The molecular weight excluding hydrogens is 375 g/mol. The van der Waals surface area contributed by atoms with Crippen LogP contribution in [-0.4, -0.2) is 22.6 Å². The van der Waals surface area contributed by atoms with Crippen molar-refractivity contribution in [2.24, 2.45) is 0 Å². The van der Waals surface area contributed by atoms with Crippen LogP contribution >= 0.6 is 24.8 Å². The Labute approximate surface area is 164 Å². The number of halogens is 2. The highest BCUT2D eigenvalue weighted by atomic mass is 35.5. The monoisotopic (exact) mass is 396 g/mol. The van der Waals surface area contributed by atoms with Crippen LogP contribution in [0, 0.1) is 10.1 Å². The topological polar surface area (TPSA) is 80.1 Å². The maximum absolute atomic E-state index is 11.5. The number of benzene rings is 2. The summed E-state index contributed by atoms with van der Waals surface area (Å²) >= 11 is 0. The van der Waals surface area contributed by atoms with Gasteiger partial charge in [-0.05, 0) is 25.1 Å². The Morgan fingerprint density at radius 2 is 1.77 bits per heavy atom. The summed E-state index contributed by atoms with van der Waals surface area (Å²) in [5, 5.41) is 19.8.